The molecule has 0 fully saturated rings. The summed E-state index contributed by atoms with van der Waals surface area (Å²) in [5.74, 6) is -0.397. The van der Waals surface area contributed by atoms with Gasteiger partial charge in [0.1, 0.15) is 11.5 Å². The largest absolute Gasteiger partial charge is 0.463 e. The van der Waals surface area contributed by atoms with Crippen LogP contribution in [0, 0.1) is 18.3 Å². The molecule has 1 aromatic heterocycles. The minimum Gasteiger partial charge on any atom is -0.463 e. The van der Waals surface area contributed by atoms with E-state index in [2.05, 4.69) is 10.6 Å². The van der Waals surface area contributed by atoms with E-state index in [9.17, 15) is 23.1 Å². The van der Waals surface area contributed by atoms with Crippen molar-refractivity contribution in [1.82, 2.24) is 5.32 Å². The number of carbonyl (C=O) groups is 1. The fourth-order valence-corrected chi connectivity index (χ4v) is 2.22. The molecule has 0 saturated carbocycles. The molecular weight excluding hydrogens is 351 g/mol. The molecule has 0 aliphatic carbocycles. The quantitative estimate of drug-likeness (QED) is 0.754. The van der Waals surface area contributed by atoms with E-state index in [-0.39, 0.29) is 5.76 Å². The number of alkyl halides is 3. The summed E-state index contributed by atoms with van der Waals surface area (Å²) < 4.78 is 44.8. The zero-order valence-electron chi connectivity index (χ0n) is 13.7. The van der Waals surface area contributed by atoms with Crippen LogP contribution in [0.25, 0.3) is 0 Å². The summed E-state index contributed by atoms with van der Waals surface area (Å²) in [5, 5.41) is 23.4. The van der Waals surface area contributed by atoms with Crippen LogP contribution < -0.4 is 10.6 Å². The Bertz CT molecular complexity index is 809. The molecule has 2 amide bonds. The maximum Gasteiger partial charge on any atom is 0.424 e. The number of carbonyl (C=O) groups excluding carboxylic acids is 1. The maximum absolute atomic E-state index is 13.3. The van der Waals surface area contributed by atoms with Crippen LogP contribution in [-0.2, 0) is 5.60 Å². The Balaban J connectivity index is 1.96. The number of furan rings is 1. The Morgan fingerprint density at radius 2 is 1.88 bits per heavy atom. The SMILES string of the molecule is Cc1ccc(C(O)(CCNC(=O)Nc2ccc(C#N)cc2)C(F)(F)F)o1. The lowest BCUT2D eigenvalue weighted by molar-refractivity contribution is -0.274. The summed E-state index contributed by atoms with van der Waals surface area (Å²) in [6.45, 7) is 1.02. The molecule has 2 rings (SSSR count). The highest BCUT2D eigenvalue weighted by molar-refractivity contribution is 5.89. The average molecular weight is 367 g/mol. The monoisotopic (exact) mass is 367 g/mol. The van der Waals surface area contributed by atoms with E-state index in [1.807, 2.05) is 6.07 Å². The molecule has 2 aromatic rings. The lowest BCUT2D eigenvalue weighted by Crippen LogP contribution is -2.45. The number of amides is 2. The summed E-state index contributed by atoms with van der Waals surface area (Å²) >= 11 is 0. The minimum atomic E-state index is -4.97. The van der Waals surface area contributed by atoms with Crippen molar-refractivity contribution in [2.24, 2.45) is 0 Å². The summed E-state index contributed by atoms with van der Waals surface area (Å²) in [6, 6.07) is 9.48. The molecular formula is C17H16F3N3O3. The minimum absolute atomic E-state index is 0.231. The molecule has 0 saturated heterocycles. The Morgan fingerprint density at radius 1 is 1.23 bits per heavy atom. The van der Waals surface area contributed by atoms with E-state index in [0.29, 0.717) is 11.3 Å². The zero-order chi connectivity index (χ0) is 19.4. The van der Waals surface area contributed by atoms with Crippen molar-refractivity contribution in [1.29, 1.82) is 5.26 Å². The van der Waals surface area contributed by atoms with Crippen LogP contribution in [-0.4, -0.2) is 23.9 Å². The van der Waals surface area contributed by atoms with Crippen LogP contribution in [0.2, 0.25) is 0 Å². The standard InChI is InChI=1S/C17H16F3N3O3/c1-11-2-7-14(26-11)16(25,17(18,19)20)8-9-22-15(24)23-13-5-3-12(10-21)4-6-13/h2-7,25H,8-9H2,1H3,(H2,22,23,24). The van der Waals surface area contributed by atoms with Gasteiger partial charge >= 0.3 is 12.2 Å². The van der Waals surface area contributed by atoms with Crippen molar-refractivity contribution < 1.29 is 27.5 Å². The molecule has 26 heavy (non-hydrogen) atoms. The molecule has 0 aliphatic rings. The summed E-state index contributed by atoms with van der Waals surface area (Å²) in [4.78, 5) is 11.8. The van der Waals surface area contributed by atoms with Crippen LogP contribution >= 0.6 is 0 Å². The number of nitriles is 1. The molecule has 3 N–H and O–H groups in total. The van der Waals surface area contributed by atoms with Crippen molar-refractivity contribution in [2.75, 3.05) is 11.9 Å². The molecule has 0 bridgehead atoms. The van der Waals surface area contributed by atoms with Gasteiger partial charge in [-0.1, -0.05) is 0 Å². The first-order valence-corrected chi connectivity index (χ1v) is 7.57. The van der Waals surface area contributed by atoms with Crippen LogP contribution in [0.4, 0.5) is 23.7 Å². The highest BCUT2D eigenvalue weighted by Gasteiger charge is 2.56. The number of rotatable bonds is 5. The van der Waals surface area contributed by atoms with Gasteiger partial charge < -0.3 is 20.2 Å². The molecule has 1 unspecified atom stereocenters. The van der Waals surface area contributed by atoms with Gasteiger partial charge in [0, 0.05) is 18.7 Å². The average Bonchev–Trinajstić information content (AvgIpc) is 3.01. The fourth-order valence-electron chi connectivity index (χ4n) is 2.22. The van der Waals surface area contributed by atoms with Crippen LogP contribution in [0.3, 0.4) is 0 Å². The van der Waals surface area contributed by atoms with Gasteiger partial charge in [0.05, 0.1) is 11.6 Å². The van der Waals surface area contributed by atoms with Crippen LogP contribution in [0.15, 0.2) is 40.8 Å². The number of benzene rings is 1. The number of urea groups is 1. The lowest BCUT2D eigenvalue weighted by Gasteiger charge is -2.28. The summed E-state index contributed by atoms with van der Waals surface area (Å²) in [7, 11) is 0. The Hall–Kier alpha value is -2.99. The predicted octanol–water partition coefficient (Wildman–Crippen LogP) is 3.42. The van der Waals surface area contributed by atoms with Crippen molar-refractivity contribution in [2.45, 2.75) is 25.1 Å². The topological polar surface area (TPSA) is 98.3 Å². The number of aliphatic hydroxyl groups is 1. The van der Waals surface area contributed by atoms with Gasteiger partial charge in [0.15, 0.2) is 0 Å². The molecule has 6 nitrogen and oxygen atoms in total. The first kappa shape index (κ1) is 19.3. The Labute approximate surface area is 147 Å². The van der Waals surface area contributed by atoms with E-state index >= 15 is 0 Å². The third-order valence-electron chi connectivity index (χ3n) is 3.66. The molecule has 0 aliphatic heterocycles. The Kier molecular flexibility index (Phi) is 5.57. The van der Waals surface area contributed by atoms with Gasteiger partial charge in [-0.25, -0.2) is 4.79 Å². The van der Waals surface area contributed by atoms with Crippen molar-refractivity contribution in [3.8, 4) is 6.07 Å². The smallest absolute Gasteiger partial charge is 0.424 e. The molecule has 1 heterocycles. The second-order valence-corrected chi connectivity index (χ2v) is 5.59. The van der Waals surface area contributed by atoms with Gasteiger partial charge in [0.2, 0.25) is 5.60 Å². The van der Waals surface area contributed by atoms with E-state index in [1.54, 1.807) is 0 Å². The number of nitrogens with zero attached hydrogens (tertiary/aromatic N) is 1. The van der Waals surface area contributed by atoms with Gasteiger partial charge in [-0.2, -0.15) is 18.4 Å². The predicted molar refractivity (Wildman–Crippen MR) is 86.2 cm³/mol. The number of hydrogen-bond acceptors (Lipinski definition) is 4. The van der Waals surface area contributed by atoms with Gasteiger partial charge in [-0.15, -0.1) is 0 Å². The van der Waals surface area contributed by atoms with Crippen molar-refractivity contribution >= 4 is 11.7 Å². The third kappa shape index (κ3) is 4.34. The second kappa shape index (κ2) is 7.49. The number of hydrogen-bond donors (Lipinski definition) is 3. The number of anilines is 1. The van der Waals surface area contributed by atoms with Gasteiger partial charge in [-0.05, 0) is 43.3 Å². The van der Waals surface area contributed by atoms with E-state index in [0.717, 1.165) is 6.07 Å². The third-order valence-corrected chi connectivity index (χ3v) is 3.66. The number of halogens is 3. The molecule has 138 valence electrons. The molecule has 1 aromatic carbocycles. The summed E-state index contributed by atoms with van der Waals surface area (Å²) in [5.41, 5.74) is -2.43. The number of nitrogens with one attached hydrogen (secondary N) is 2. The van der Waals surface area contributed by atoms with Crippen LogP contribution in [0.5, 0.6) is 0 Å². The lowest BCUT2D eigenvalue weighted by atomic mass is 9.96. The molecule has 9 heteroatoms. The molecule has 0 radical (unpaired) electrons. The van der Waals surface area contributed by atoms with Gasteiger partial charge in [0.25, 0.3) is 0 Å². The summed E-state index contributed by atoms with van der Waals surface area (Å²) in [6.07, 6.45) is -5.78. The first-order chi connectivity index (χ1) is 12.2. The van der Waals surface area contributed by atoms with E-state index < -0.39 is 36.5 Å². The van der Waals surface area contributed by atoms with Gasteiger partial charge in [-0.3, -0.25) is 0 Å². The zero-order valence-corrected chi connectivity index (χ0v) is 13.7. The molecule has 0 spiro atoms. The van der Waals surface area contributed by atoms with E-state index in [4.69, 9.17) is 9.68 Å². The molecule has 1 atom stereocenters. The first-order valence-electron chi connectivity index (χ1n) is 7.57. The number of aryl methyl sites for hydroxylation is 1. The van der Waals surface area contributed by atoms with Crippen LogP contribution in [0.1, 0.15) is 23.5 Å². The Morgan fingerprint density at radius 3 is 2.38 bits per heavy atom. The van der Waals surface area contributed by atoms with Crippen molar-refractivity contribution in [3.05, 3.63) is 53.5 Å². The highest BCUT2D eigenvalue weighted by Crippen LogP contribution is 2.41. The van der Waals surface area contributed by atoms with E-state index in [1.165, 1.54) is 37.3 Å². The second-order valence-electron chi connectivity index (χ2n) is 5.59. The maximum atomic E-state index is 13.3. The fraction of sp³-hybridized carbons (Fsp3) is 0.294. The van der Waals surface area contributed by atoms with Crippen molar-refractivity contribution in [3.63, 3.8) is 0 Å². The highest BCUT2D eigenvalue weighted by atomic mass is 19.4. The normalized spacial score (nSPS) is 13.5.